The highest BCUT2D eigenvalue weighted by Gasteiger charge is 2.33. The van der Waals surface area contributed by atoms with Crippen LogP contribution in [0.2, 0.25) is 0 Å². The summed E-state index contributed by atoms with van der Waals surface area (Å²) in [5.41, 5.74) is 1.86. The standard InChI is InChI=1S/C22H17F3N4O/c1-3-7-14-10-11-16(12-17(14)22(23,24)25)20-26-21(30-28-20)18-13-19(29(2)27-18)15-8-5-4-6-9-15/h3-6,8-13H,1,7H2,2H3. The third-order valence-corrected chi connectivity index (χ3v) is 4.63. The fourth-order valence-electron chi connectivity index (χ4n) is 3.21. The van der Waals surface area contributed by atoms with E-state index in [1.807, 2.05) is 30.3 Å². The Bertz CT molecular complexity index is 1190. The van der Waals surface area contributed by atoms with Gasteiger partial charge in [-0.15, -0.1) is 6.58 Å². The molecule has 0 saturated heterocycles. The highest BCUT2D eigenvalue weighted by atomic mass is 19.4. The summed E-state index contributed by atoms with van der Waals surface area (Å²) >= 11 is 0. The van der Waals surface area contributed by atoms with Crippen molar-refractivity contribution in [2.24, 2.45) is 7.05 Å². The molecule has 152 valence electrons. The minimum absolute atomic E-state index is 0.0626. The number of allylic oxidation sites excluding steroid dienone is 1. The Morgan fingerprint density at radius 2 is 1.83 bits per heavy atom. The van der Waals surface area contributed by atoms with Crippen molar-refractivity contribution in [3.05, 3.63) is 78.4 Å². The molecule has 4 rings (SSSR count). The van der Waals surface area contributed by atoms with Crippen molar-refractivity contribution in [1.82, 2.24) is 19.9 Å². The van der Waals surface area contributed by atoms with Gasteiger partial charge in [-0.05, 0) is 29.7 Å². The lowest BCUT2D eigenvalue weighted by Crippen LogP contribution is -2.09. The molecule has 0 saturated carbocycles. The number of benzene rings is 2. The number of halogens is 3. The van der Waals surface area contributed by atoms with Crippen LogP contribution in [0.3, 0.4) is 0 Å². The van der Waals surface area contributed by atoms with E-state index >= 15 is 0 Å². The highest BCUT2D eigenvalue weighted by molar-refractivity contribution is 5.66. The molecule has 0 spiro atoms. The molecule has 0 amide bonds. The third-order valence-electron chi connectivity index (χ3n) is 4.63. The molecular formula is C22H17F3N4O. The quantitative estimate of drug-likeness (QED) is 0.405. The van der Waals surface area contributed by atoms with Gasteiger partial charge >= 0.3 is 6.18 Å². The molecule has 0 radical (unpaired) electrons. The Labute approximate surface area is 170 Å². The molecule has 8 heteroatoms. The molecule has 4 aromatic rings. The Morgan fingerprint density at radius 3 is 2.53 bits per heavy atom. The zero-order chi connectivity index (χ0) is 21.3. The average Bonchev–Trinajstić information content (AvgIpc) is 3.35. The van der Waals surface area contributed by atoms with Crippen molar-refractivity contribution in [2.45, 2.75) is 12.6 Å². The molecule has 0 aliphatic carbocycles. The summed E-state index contributed by atoms with van der Waals surface area (Å²) in [5, 5.41) is 8.24. The molecule has 0 aliphatic heterocycles. The lowest BCUT2D eigenvalue weighted by molar-refractivity contribution is -0.138. The zero-order valence-electron chi connectivity index (χ0n) is 16.0. The van der Waals surface area contributed by atoms with Gasteiger partial charge in [0.1, 0.15) is 0 Å². The number of nitrogens with zero attached hydrogens (tertiary/aromatic N) is 4. The van der Waals surface area contributed by atoms with Crippen molar-refractivity contribution < 1.29 is 17.7 Å². The lowest BCUT2D eigenvalue weighted by Gasteiger charge is -2.12. The Hall–Kier alpha value is -3.68. The van der Waals surface area contributed by atoms with E-state index in [9.17, 15) is 13.2 Å². The van der Waals surface area contributed by atoms with Gasteiger partial charge in [0.15, 0.2) is 5.69 Å². The number of rotatable bonds is 5. The summed E-state index contributed by atoms with van der Waals surface area (Å²) in [4.78, 5) is 4.26. The van der Waals surface area contributed by atoms with Crippen molar-refractivity contribution >= 4 is 0 Å². The van der Waals surface area contributed by atoms with E-state index in [2.05, 4.69) is 21.8 Å². The SMILES string of the molecule is C=CCc1ccc(-c2noc(-c3cc(-c4ccccc4)n(C)n3)n2)cc1C(F)(F)F. The normalized spacial score (nSPS) is 11.6. The first-order chi connectivity index (χ1) is 14.4. The fraction of sp³-hybridized carbons (Fsp3) is 0.136. The van der Waals surface area contributed by atoms with Crippen LogP contribution in [0.1, 0.15) is 11.1 Å². The van der Waals surface area contributed by atoms with Crippen molar-refractivity contribution in [1.29, 1.82) is 0 Å². The second-order valence-electron chi connectivity index (χ2n) is 6.69. The topological polar surface area (TPSA) is 56.7 Å². The van der Waals surface area contributed by atoms with Crippen LogP contribution in [0, 0.1) is 0 Å². The Kier molecular flexibility index (Phi) is 4.99. The summed E-state index contributed by atoms with van der Waals surface area (Å²) < 4.78 is 47.3. The summed E-state index contributed by atoms with van der Waals surface area (Å²) in [6.45, 7) is 3.51. The van der Waals surface area contributed by atoms with Gasteiger partial charge in [0, 0.05) is 12.6 Å². The first-order valence-corrected chi connectivity index (χ1v) is 9.12. The number of hydrogen-bond donors (Lipinski definition) is 0. The maximum atomic E-state index is 13.4. The van der Waals surface area contributed by atoms with Crippen LogP contribution >= 0.6 is 0 Å². The average molecular weight is 410 g/mol. The Balaban J connectivity index is 1.69. The predicted molar refractivity (Wildman–Crippen MR) is 106 cm³/mol. The number of aromatic nitrogens is 4. The van der Waals surface area contributed by atoms with Crippen molar-refractivity contribution in [3.8, 4) is 34.2 Å². The molecule has 0 fully saturated rings. The molecule has 5 nitrogen and oxygen atoms in total. The third kappa shape index (κ3) is 3.76. The van der Waals surface area contributed by atoms with Crippen LogP contribution in [-0.4, -0.2) is 19.9 Å². The van der Waals surface area contributed by atoms with Crippen LogP contribution in [0.15, 0.2) is 71.8 Å². The highest BCUT2D eigenvalue weighted by Crippen LogP contribution is 2.35. The molecule has 2 aromatic heterocycles. The van der Waals surface area contributed by atoms with E-state index in [0.717, 1.165) is 17.3 Å². The minimum Gasteiger partial charge on any atom is -0.332 e. The summed E-state index contributed by atoms with van der Waals surface area (Å²) in [6.07, 6.45) is -2.95. The van der Waals surface area contributed by atoms with E-state index in [0.29, 0.717) is 5.69 Å². The summed E-state index contributed by atoms with van der Waals surface area (Å²) in [7, 11) is 1.79. The van der Waals surface area contributed by atoms with Crippen LogP contribution in [0.25, 0.3) is 34.2 Å². The van der Waals surface area contributed by atoms with E-state index in [4.69, 9.17) is 4.52 Å². The van der Waals surface area contributed by atoms with Crippen molar-refractivity contribution in [2.75, 3.05) is 0 Å². The van der Waals surface area contributed by atoms with Gasteiger partial charge in [0.05, 0.1) is 11.3 Å². The number of alkyl halides is 3. The summed E-state index contributed by atoms with van der Waals surface area (Å²) in [6, 6.07) is 15.4. The van der Waals surface area contributed by atoms with Gasteiger partial charge in [0.2, 0.25) is 5.82 Å². The molecule has 0 unspecified atom stereocenters. The maximum absolute atomic E-state index is 13.4. The van der Waals surface area contributed by atoms with Crippen LogP contribution < -0.4 is 0 Å². The number of hydrogen-bond acceptors (Lipinski definition) is 4. The van der Waals surface area contributed by atoms with E-state index in [1.54, 1.807) is 17.8 Å². The molecule has 0 aliphatic rings. The second-order valence-corrected chi connectivity index (χ2v) is 6.69. The maximum Gasteiger partial charge on any atom is 0.416 e. The van der Waals surface area contributed by atoms with Gasteiger partial charge in [-0.25, -0.2) is 0 Å². The van der Waals surface area contributed by atoms with E-state index < -0.39 is 11.7 Å². The van der Waals surface area contributed by atoms with Gasteiger partial charge in [-0.2, -0.15) is 23.3 Å². The number of aryl methyl sites for hydroxylation is 1. The first-order valence-electron chi connectivity index (χ1n) is 9.12. The minimum atomic E-state index is -4.49. The molecule has 2 heterocycles. The summed E-state index contributed by atoms with van der Waals surface area (Å²) in [5.74, 6) is 0.194. The van der Waals surface area contributed by atoms with Crippen LogP contribution in [0.4, 0.5) is 13.2 Å². The molecule has 0 bridgehead atoms. The molecule has 0 atom stereocenters. The molecular weight excluding hydrogens is 393 g/mol. The van der Waals surface area contributed by atoms with E-state index in [-0.39, 0.29) is 29.3 Å². The fourth-order valence-corrected chi connectivity index (χ4v) is 3.21. The molecule has 30 heavy (non-hydrogen) atoms. The predicted octanol–water partition coefficient (Wildman–Crippen LogP) is 5.55. The van der Waals surface area contributed by atoms with Gasteiger partial charge in [-0.3, -0.25) is 4.68 Å². The van der Waals surface area contributed by atoms with E-state index in [1.165, 1.54) is 18.2 Å². The Morgan fingerprint density at radius 1 is 1.07 bits per heavy atom. The smallest absolute Gasteiger partial charge is 0.332 e. The monoisotopic (exact) mass is 410 g/mol. The van der Waals surface area contributed by atoms with Crippen molar-refractivity contribution in [3.63, 3.8) is 0 Å². The second kappa shape index (κ2) is 7.62. The largest absolute Gasteiger partial charge is 0.416 e. The zero-order valence-corrected chi connectivity index (χ0v) is 16.0. The van der Waals surface area contributed by atoms with Crippen LogP contribution in [0.5, 0.6) is 0 Å². The first kappa shape index (κ1) is 19.6. The lowest BCUT2D eigenvalue weighted by atomic mass is 10.0. The molecule has 2 aromatic carbocycles. The van der Waals surface area contributed by atoms with Gasteiger partial charge in [-0.1, -0.05) is 53.7 Å². The molecule has 0 N–H and O–H groups in total. The van der Waals surface area contributed by atoms with Crippen LogP contribution in [-0.2, 0) is 19.6 Å². The van der Waals surface area contributed by atoms with Gasteiger partial charge < -0.3 is 4.52 Å². The van der Waals surface area contributed by atoms with Gasteiger partial charge in [0.25, 0.3) is 5.89 Å².